The van der Waals surface area contributed by atoms with E-state index in [4.69, 9.17) is 10.9 Å². The lowest BCUT2D eigenvalue weighted by Crippen LogP contribution is -2.38. The second kappa shape index (κ2) is 5.26. The molecule has 0 aliphatic carbocycles. The van der Waals surface area contributed by atoms with Gasteiger partial charge in [0.15, 0.2) is 5.84 Å². The van der Waals surface area contributed by atoms with Crippen molar-refractivity contribution in [3.8, 4) is 0 Å². The molecule has 1 unspecified atom stereocenters. The summed E-state index contributed by atoms with van der Waals surface area (Å²) in [5.74, 6) is 0.881. The first-order valence-corrected chi connectivity index (χ1v) is 4.63. The first kappa shape index (κ1) is 11.4. The monoisotopic (exact) mass is 209 g/mol. The summed E-state index contributed by atoms with van der Waals surface area (Å²) in [5.41, 5.74) is 6.29. The van der Waals surface area contributed by atoms with Gasteiger partial charge in [-0.1, -0.05) is 5.16 Å². The number of aryl methyl sites for hydroxylation is 1. The van der Waals surface area contributed by atoms with Crippen LogP contribution in [0.15, 0.2) is 17.4 Å². The van der Waals surface area contributed by atoms with Gasteiger partial charge in [-0.25, -0.2) is 9.97 Å². The van der Waals surface area contributed by atoms with Gasteiger partial charge in [-0.3, -0.25) is 0 Å². The van der Waals surface area contributed by atoms with Gasteiger partial charge < -0.3 is 16.3 Å². The molecule has 0 saturated heterocycles. The largest absolute Gasteiger partial charge is 0.409 e. The van der Waals surface area contributed by atoms with Gasteiger partial charge in [-0.05, 0) is 19.9 Å². The topological polar surface area (TPSA) is 96.4 Å². The van der Waals surface area contributed by atoms with Gasteiger partial charge in [-0.2, -0.15) is 0 Å². The lowest BCUT2D eigenvalue weighted by Gasteiger charge is -2.11. The first-order chi connectivity index (χ1) is 7.13. The van der Waals surface area contributed by atoms with Crippen LogP contribution < -0.4 is 11.1 Å². The predicted molar refractivity (Wildman–Crippen MR) is 56.5 cm³/mol. The van der Waals surface area contributed by atoms with E-state index in [0.717, 1.165) is 11.5 Å². The van der Waals surface area contributed by atoms with Gasteiger partial charge in [0.1, 0.15) is 5.82 Å². The average Bonchev–Trinajstić information content (AvgIpc) is 2.25. The fraction of sp³-hybridized carbons (Fsp3) is 0.444. The van der Waals surface area contributed by atoms with Crippen molar-refractivity contribution in [2.75, 3.05) is 0 Å². The zero-order chi connectivity index (χ0) is 11.3. The molecule has 0 radical (unpaired) electrons. The summed E-state index contributed by atoms with van der Waals surface area (Å²) in [6, 6.07) is 1.63. The van der Waals surface area contributed by atoms with Crippen LogP contribution in [0.25, 0.3) is 0 Å². The van der Waals surface area contributed by atoms with Crippen molar-refractivity contribution >= 4 is 5.84 Å². The molecule has 0 aliphatic heterocycles. The van der Waals surface area contributed by atoms with Crippen molar-refractivity contribution in [3.05, 3.63) is 23.8 Å². The molecule has 0 saturated carbocycles. The molecule has 0 aromatic carbocycles. The van der Waals surface area contributed by atoms with Crippen LogP contribution in [-0.2, 0) is 6.54 Å². The third-order valence-electron chi connectivity index (χ3n) is 1.98. The fourth-order valence-corrected chi connectivity index (χ4v) is 1.05. The lowest BCUT2D eigenvalue weighted by molar-refractivity contribution is 0.315. The molecule has 1 aromatic heterocycles. The van der Waals surface area contributed by atoms with Crippen LogP contribution in [0.2, 0.25) is 0 Å². The van der Waals surface area contributed by atoms with Crippen LogP contribution in [0.4, 0.5) is 0 Å². The second-order valence-electron chi connectivity index (χ2n) is 3.22. The van der Waals surface area contributed by atoms with E-state index in [1.807, 2.05) is 19.9 Å². The molecule has 0 bridgehead atoms. The Balaban J connectivity index is 2.50. The normalized spacial score (nSPS) is 13.9. The molecule has 4 N–H and O–H groups in total. The highest BCUT2D eigenvalue weighted by Gasteiger charge is 2.06. The Hall–Kier alpha value is -1.69. The third kappa shape index (κ3) is 3.51. The Morgan fingerprint density at radius 1 is 1.73 bits per heavy atom. The smallest absolute Gasteiger partial charge is 0.156 e. The first-order valence-electron chi connectivity index (χ1n) is 4.63. The lowest BCUT2D eigenvalue weighted by atomic mass is 10.3. The van der Waals surface area contributed by atoms with E-state index in [-0.39, 0.29) is 11.9 Å². The summed E-state index contributed by atoms with van der Waals surface area (Å²) < 4.78 is 0. The van der Waals surface area contributed by atoms with E-state index in [2.05, 4.69) is 20.4 Å². The van der Waals surface area contributed by atoms with E-state index in [1.165, 1.54) is 0 Å². The maximum atomic E-state index is 8.44. The summed E-state index contributed by atoms with van der Waals surface area (Å²) in [6.45, 7) is 4.19. The standard InChI is InChI=1S/C9H15N5O/c1-6(9(10)14-15)12-5-8-3-4-11-7(2)13-8/h3-4,6,12,15H,5H2,1-2H3,(H2,10,14). The van der Waals surface area contributed by atoms with Gasteiger partial charge in [0, 0.05) is 12.7 Å². The molecule has 6 nitrogen and oxygen atoms in total. The number of rotatable bonds is 4. The average molecular weight is 209 g/mol. The maximum absolute atomic E-state index is 8.44. The highest BCUT2D eigenvalue weighted by Crippen LogP contribution is 1.95. The van der Waals surface area contributed by atoms with E-state index < -0.39 is 0 Å². The van der Waals surface area contributed by atoms with Gasteiger partial charge in [-0.15, -0.1) is 0 Å². The molecule has 6 heteroatoms. The summed E-state index contributed by atoms with van der Waals surface area (Å²) in [6.07, 6.45) is 1.70. The van der Waals surface area contributed by atoms with Crippen LogP contribution in [0.1, 0.15) is 18.4 Å². The highest BCUT2D eigenvalue weighted by molar-refractivity contribution is 5.84. The molecule has 0 aliphatic rings. The van der Waals surface area contributed by atoms with Crippen molar-refractivity contribution in [2.45, 2.75) is 26.4 Å². The molecule has 1 atom stereocenters. The van der Waals surface area contributed by atoms with Gasteiger partial charge >= 0.3 is 0 Å². The fourth-order valence-electron chi connectivity index (χ4n) is 1.05. The molecule has 1 aromatic rings. The number of hydrogen-bond donors (Lipinski definition) is 3. The minimum atomic E-state index is -0.190. The van der Waals surface area contributed by atoms with Crippen molar-refractivity contribution in [2.24, 2.45) is 10.9 Å². The van der Waals surface area contributed by atoms with E-state index in [0.29, 0.717) is 6.54 Å². The van der Waals surface area contributed by atoms with Crippen LogP contribution in [-0.4, -0.2) is 27.1 Å². The highest BCUT2D eigenvalue weighted by atomic mass is 16.4. The van der Waals surface area contributed by atoms with E-state index in [1.54, 1.807) is 6.20 Å². The number of amidine groups is 1. The molecule has 0 spiro atoms. The number of nitrogens with zero attached hydrogens (tertiary/aromatic N) is 3. The molecular weight excluding hydrogens is 194 g/mol. The summed E-state index contributed by atoms with van der Waals surface area (Å²) in [4.78, 5) is 8.20. The van der Waals surface area contributed by atoms with Crippen molar-refractivity contribution in [1.29, 1.82) is 0 Å². The van der Waals surface area contributed by atoms with Gasteiger partial charge in [0.2, 0.25) is 0 Å². The van der Waals surface area contributed by atoms with Gasteiger partial charge in [0.25, 0.3) is 0 Å². The zero-order valence-electron chi connectivity index (χ0n) is 8.81. The van der Waals surface area contributed by atoms with Crippen LogP contribution in [0, 0.1) is 6.92 Å². The van der Waals surface area contributed by atoms with Crippen LogP contribution >= 0.6 is 0 Å². The van der Waals surface area contributed by atoms with Crippen molar-refractivity contribution < 1.29 is 5.21 Å². The molecule has 15 heavy (non-hydrogen) atoms. The van der Waals surface area contributed by atoms with Crippen LogP contribution in [0.3, 0.4) is 0 Å². The molecule has 0 fully saturated rings. The summed E-state index contributed by atoms with van der Waals surface area (Å²) in [5, 5.41) is 14.4. The van der Waals surface area contributed by atoms with E-state index >= 15 is 0 Å². The number of oxime groups is 1. The number of aromatic nitrogens is 2. The van der Waals surface area contributed by atoms with Gasteiger partial charge in [0.05, 0.1) is 11.7 Å². The molecular formula is C9H15N5O. The molecule has 1 rings (SSSR count). The quantitative estimate of drug-likeness (QED) is 0.281. The SMILES string of the molecule is Cc1nccc(CNC(C)C(N)=NO)n1. The number of nitrogens with two attached hydrogens (primary N) is 1. The number of nitrogens with one attached hydrogen (secondary N) is 1. The summed E-state index contributed by atoms with van der Waals surface area (Å²) in [7, 11) is 0. The Bertz CT molecular complexity index is 352. The molecule has 82 valence electrons. The molecule has 0 amide bonds. The predicted octanol–water partition coefficient (Wildman–Crippen LogP) is 0.00952. The Morgan fingerprint density at radius 2 is 2.47 bits per heavy atom. The van der Waals surface area contributed by atoms with Crippen molar-refractivity contribution in [3.63, 3.8) is 0 Å². The van der Waals surface area contributed by atoms with E-state index in [9.17, 15) is 0 Å². The zero-order valence-corrected chi connectivity index (χ0v) is 8.81. The minimum absolute atomic E-state index is 0.153. The second-order valence-corrected chi connectivity index (χ2v) is 3.22. The summed E-state index contributed by atoms with van der Waals surface area (Å²) >= 11 is 0. The minimum Gasteiger partial charge on any atom is -0.409 e. The van der Waals surface area contributed by atoms with Crippen LogP contribution in [0.5, 0.6) is 0 Å². The maximum Gasteiger partial charge on any atom is 0.156 e. The number of hydrogen-bond acceptors (Lipinski definition) is 5. The molecule has 1 heterocycles. The Kier molecular flexibility index (Phi) is 3.99. The van der Waals surface area contributed by atoms with Crippen molar-refractivity contribution in [1.82, 2.24) is 15.3 Å². The third-order valence-corrected chi connectivity index (χ3v) is 1.98. The Morgan fingerprint density at radius 3 is 3.07 bits per heavy atom. The Labute approximate surface area is 88.2 Å².